The van der Waals surface area contributed by atoms with Gasteiger partial charge in [0.1, 0.15) is 11.8 Å². The van der Waals surface area contributed by atoms with Crippen molar-refractivity contribution in [1.82, 2.24) is 5.32 Å². The maximum absolute atomic E-state index is 12.3. The maximum atomic E-state index is 12.3. The smallest absolute Gasteiger partial charge is 0.267 e. The maximum Gasteiger partial charge on any atom is 0.267 e. The van der Waals surface area contributed by atoms with Crippen LogP contribution in [0, 0.1) is 0 Å². The van der Waals surface area contributed by atoms with Crippen molar-refractivity contribution in [2.45, 2.75) is 19.0 Å². The summed E-state index contributed by atoms with van der Waals surface area (Å²) in [7, 11) is 0. The van der Waals surface area contributed by atoms with Crippen LogP contribution in [-0.4, -0.2) is 23.6 Å². The van der Waals surface area contributed by atoms with Gasteiger partial charge in [-0.2, -0.15) is 5.10 Å². The van der Waals surface area contributed by atoms with Gasteiger partial charge in [0.15, 0.2) is 0 Å². The van der Waals surface area contributed by atoms with Gasteiger partial charge in [0.25, 0.3) is 5.91 Å². The molecule has 2 aromatic rings. The number of hydrogen-bond acceptors (Lipinski definition) is 5. The molecular formula is C16H16N4O2S. The Hall–Kier alpha value is -2.67. The minimum atomic E-state index is -0.639. The fourth-order valence-electron chi connectivity index (χ4n) is 2.37. The number of hydrazone groups is 1. The van der Waals surface area contributed by atoms with Gasteiger partial charge in [-0.1, -0.05) is 24.3 Å². The lowest BCUT2D eigenvalue weighted by atomic mass is 10.1. The van der Waals surface area contributed by atoms with E-state index in [4.69, 9.17) is 5.73 Å². The minimum absolute atomic E-state index is 0.209. The average Bonchev–Trinajstić information content (AvgIpc) is 3.23. The summed E-state index contributed by atoms with van der Waals surface area (Å²) in [5.41, 5.74) is 6.50. The van der Waals surface area contributed by atoms with Crippen LogP contribution < -0.4 is 16.1 Å². The first-order valence-electron chi connectivity index (χ1n) is 7.17. The second-order valence-electron chi connectivity index (χ2n) is 5.11. The summed E-state index contributed by atoms with van der Waals surface area (Å²) in [6, 6.07) is 12.5. The fraction of sp³-hybridized carbons (Fsp3) is 0.188. The Morgan fingerprint density at radius 2 is 2.04 bits per heavy atom. The van der Waals surface area contributed by atoms with Gasteiger partial charge in [0.2, 0.25) is 5.91 Å². The van der Waals surface area contributed by atoms with Crippen molar-refractivity contribution in [2.75, 3.05) is 5.01 Å². The Kier molecular flexibility index (Phi) is 4.38. The van der Waals surface area contributed by atoms with E-state index in [1.165, 1.54) is 5.01 Å². The normalized spacial score (nSPS) is 17.0. The van der Waals surface area contributed by atoms with E-state index in [1.54, 1.807) is 11.3 Å². The van der Waals surface area contributed by atoms with Gasteiger partial charge >= 0.3 is 0 Å². The third-order valence-corrected chi connectivity index (χ3v) is 4.40. The highest BCUT2D eigenvalue weighted by Crippen LogP contribution is 2.24. The standard InChI is InChI=1S/C16H16N4O2S/c17-15(21)14-9-13(16(22)18-10-12-7-4-8-23-12)19-20(14)11-5-2-1-3-6-11/h1-8,14H,9-10H2,(H2,17,21)(H,18,22)/t14-/m1/s1. The van der Waals surface area contributed by atoms with Gasteiger partial charge < -0.3 is 11.1 Å². The lowest BCUT2D eigenvalue weighted by Crippen LogP contribution is -2.39. The molecule has 0 fully saturated rings. The summed E-state index contributed by atoms with van der Waals surface area (Å²) in [5, 5.41) is 10.6. The summed E-state index contributed by atoms with van der Waals surface area (Å²) in [6.07, 6.45) is 0.209. The molecule has 0 saturated heterocycles. The molecule has 3 N–H and O–H groups in total. The second kappa shape index (κ2) is 6.62. The van der Waals surface area contributed by atoms with Crippen molar-refractivity contribution in [3.63, 3.8) is 0 Å². The van der Waals surface area contributed by atoms with E-state index in [1.807, 2.05) is 47.8 Å². The number of para-hydroxylation sites is 1. The van der Waals surface area contributed by atoms with Crippen LogP contribution in [0.2, 0.25) is 0 Å². The number of amides is 2. The van der Waals surface area contributed by atoms with Crippen LogP contribution in [0.4, 0.5) is 5.69 Å². The van der Waals surface area contributed by atoms with Gasteiger partial charge in [-0.3, -0.25) is 14.6 Å². The zero-order valence-corrected chi connectivity index (χ0v) is 13.1. The number of carbonyl (C=O) groups excluding carboxylic acids is 2. The number of hydrogen-bond donors (Lipinski definition) is 2. The Morgan fingerprint density at radius 3 is 2.70 bits per heavy atom. The van der Waals surface area contributed by atoms with E-state index in [2.05, 4.69) is 10.4 Å². The molecule has 1 aromatic heterocycles. The molecule has 1 atom stereocenters. The first-order valence-corrected chi connectivity index (χ1v) is 8.05. The molecule has 3 rings (SSSR count). The second-order valence-corrected chi connectivity index (χ2v) is 6.14. The number of nitrogens with zero attached hydrogens (tertiary/aromatic N) is 2. The van der Waals surface area contributed by atoms with Crippen LogP contribution >= 0.6 is 11.3 Å². The summed E-state index contributed by atoms with van der Waals surface area (Å²) >= 11 is 1.57. The molecule has 7 heteroatoms. The molecule has 0 radical (unpaired) electrons. The zero-order chi connectivity index (χ0) is 16.2. The van der Waals surface area contributed by atoms with Gasteiger partial charge in [0, 0.05) is 11.3 Å². The molecule has 0 spiro atoms. The molecular weight excluding hydrogens is 312 g/mol. The lowest BCUT2D eigenvalue weighted by Gasteiger charge is -2.20. The molecule has 1 aliphatic heterocycles. The Labute approximate surface area is 137 Å². The lowest BCUT2D eigenvalue weighted by molar-refractivity contribution is -0.119. The number of primary amides is 1. The van der Waals surface area contributed by atoms with Crippen molar-refractivity contribution in [3.05, 3.63) is 52.7 Å². The predicted octanol–water partition coefficient (Wildman–Crippen LogP) is 1.48. The van der Waals surface area contributed by atoms with Gasteiger partial charge in [0.05, 0.1) is 12.2 Å². The first-order chi connectivity index (χ1) is 11.1. The minimum Gasteiger partial charge on any atom is -0.368 e. The van der Waals surface area contributed by atoms with Gasteiger partial charge in [-0.05, 0) is 23.6 Å². The van der Waals surface area contributed by atoms with E-state index in [9.17, 15) is 9.59 Å². The van der Waals surface area contributed by atoms with E-state index in [-0.39, 0.29) is 12.3 Å². The number of benzene rings is 1. The Bertz CT molecular complexity index is 728. The van der Waals surface area contributed by atoms with Crippen molar-refractivity contribution in [3.8, 4) is 0 Å². The zero-order valence-electron chi connectivity index (χ0n) is 12.3. The average molecular weight is 328 g/mol. The number of nitrogens with one attached hydrogen (secondary N) is 1. The molecule has 0 bridgehead atoms. The van der Waals surface area contributed by atoms with E-state index < -0.39 is 11.9 Å². The Balaban J connectivity index is 1.74. The predicted molar refractivity (Wildman–Crippen MR) is 90.1 cm³/mol. The Morgan fingerprint density at radius 1 is 1.26 bits per heavy atom. The van der Waals surface area contributed by atoms with Gasteiger partial charge in [-0.15, -0.1) is 11.3 Å². The number of nitrogens with two attached hydrogens (primary N) is 1. The molecule has 0 unspecified atom stereocenters. The van der Waals surface area contributed by atoms with Crippen LogP contribution in [0.15, 0.2) is 52.9 Å². The topological polar surface area (TPSA) is 87.8 Å². The highest BCUT2D eigenvalue weighted by molar-refractivity contribution is 7.09. The molecule has 0 aliphatic carbocycles. The van der Waals surface area contributed by atoms with Crippen LogP contribution in [0.5, 0.6) is 0 Å². The molecule has 6 nitrogen and oxygen atoms in total. The summed E-state index contributed by atoms with van der Waals surface area (Å²) in [4.78, 5) is 25.0. The molecule has 118 valence electrons. The molecule has 0 saturated carbocycles. The molecule has 2 heterocycles. The summed E-state index contributed by atoms with van der Waals surface area (Å²) < 4.78 is 0. The third-order valence-electron chi connectivity index (χ3n) is 3.52. The highest BCUT2D eigenvalue weighted by Gasteiger charge is 2.34. The number of rotatable bonds is 5. The van der Waals surface area contributed by atoms with E-state index in [0.717, 1.165) is 10.6 Å². The van der Waals surface area contributed by atoms with Gasteiger partial charge in [-0.25, -0.2) is 0 Å². The summed E-state index contributed by atoms with van der Waals surface area (Å²) in [6.45, 7) is 0.447. The third kappa shape index (κ3) is 3.40. The number of carbonyl (C=O) groups is 2. The fourth-order valence-corrected chi connectivity index (χ4v) is 3.01. The molecule has 23 heavy (non-hydrogen) atoms. The highest BCUT2D eigenvalue weighted by atomic mass is 32.1. The molecule has 1 aliphatic rings. The SMILES string of the molecule is NC(=O)[C@H]1CC(C(=O)NCc2cccs2)=NN1c1ccccc1. The largest absolute Gasteiger partial charge is 0.368 e. The van der Waals surface area contributed by atoms with E-state index in [0.29, 0.717) is 12.3 Å². The van der Waals surface area contributed by atoms with Crippen molar-refractivity contribution < 1.29 is 9.59 Å². The van der Waals surface area contributed by atoms with Crippen molar-refractivity contribution in [2.24, 2.45) is 10.8 Å². The van der Waals surface area contributed by atoms with Crippen molar-refractivity contribution in [1.29, 1.82) is 0 Å². The van der Waals surface area contributed by atoms with E-state index >= 15 is 0 Å². The number of anilines is 1. The quantitative estimate of drug-likeness (QED) is 0.871. The van der Waals surface area contributed by atoms with Crippen molar-refractivity contribution >= 4 is 34.6 Å². The molecule has 2 amide bonds. The summed E-state index contributed by atoms with van der Waals surface area (Å²) in [5.74, 6) is -0.776. The number of thiophene rings is 1. The molecule has 1 aromatic carbocycles. The van der Waals surface area contributed by atoms with Crippen LogP contribution in [0.1, 0.15) is 11.3 Å². The monoisotopic (exact) mass is 328 g/mol. The van der Waals surface area contributed by atoms with Crippen LogP contribution in [0.25, 0.3) is 0 Å². The first kappa shape index (κ1) is 15.2. The van der Waals surface area contributed by atoms with Crippen LogP contribution in [0.3, 0.4) is 0 Å². The van der Waals surface area contributed by atoms with Crippen LogP contribution in [-0.2, 0) is 16.1 Å².